The van der Waals surface area contributed by atoms with E-state index in [4.69, 9.17) is 15.0 Å². The van der Waals surface area contributed by atoms with Crippen LogP contribution in [0.3, 0.4) is 0 Å². The molecule has 0 saturated carbocycles. The second-order valence-corrected chi connectivity index (χ2v) is 23.0. The van der Waals surface area contributed by atoms with Gasteiger partial charge in [-0.25, -0.2) is 15.0 Å². The summed E-state index contributed by atoms with van der Waals surface area (Å²) >= 11 is 0. The van der Waals surface area contributed by atoms with Crippen molar-refractivity contribution in [2.75, 3.05) is 0 Å². The SMILES string of the molecule is c1ccc(-c2ccc(-c3nc(-c4cc(-c5ccccc5)cc(-c5ccccc5)c4)nc(-c4cc(-c5ccccc5)c(-n5c6c(-c7ccccc7)ccc(-c7ccccc7)c6c6c(-c7ccccc7)ccc(-c7ccccc7)c65)c(-c5ccccc5)c4)n3)cc2)cc1. The fraction of sp³-hybridized carbons (Fsp3) is 0. The van der Waals surface area contributed by atoms with E-state index in [9.17, 15) is 0 Å². The van der Waals surface area contributed by atoms with E-state index in [0.717, 1.165) is 134 Å². The van der Waals surface area contributed by atoms with Crippen LogP contribution in [0.1, 0.15) is 0 Å². The van der Waals surface area contributed by atoms with Gasteiger partial charge in [-0.3, -0.25) is 0 Å². The Bertz CT molecular complexity index is 4990. The number of hydrogen-bond donors (Lipinski definition) is 0. The van der Waals surface area contributed by atoms with Crippen molar-refractivity contribution in [3.8, 4) is 140 Å². The van der Waals surface area contributed by atoms with E-state index < -0.39 is 0 Å². The molecule has 0 radical (unpaired) electrons. The van der Waals surface area contributed by atoms with Crippen LogP contribution in [-0.2, 0) is 0 Å². The van der Waals surface area contributed by atoms with Crippen molar-refractivity contribution in [2.45, 2.75) is 0 Å². The van der Waals surface area contributed by atoms with Crippen molar-refractivity contribution in [3.63, 3.8) is 0 Å². The lowest BCUT2D eigenvalue weighted by molar-refractivity contribution is 1.07. The maximum absolute atomic E-state index is 5.66. The summed E-state index contributed by atoms with van der Waals surface area (Å²) in [4.78, 5) is 16.7. The minimum atomic E-state index is 0.550. The van der Waals surface area contributed by atoms with E-state index in [1.54, 1.807) is 0 Å². The fourth-order valence-corrected chi connectivity index (χ4v) is 13.1. The highest BCUT2D eigenvalue weighted by Gasteiger charge is 2.30. The van der Waals surface area contributed by atoms with Gasteiger partial charge in [0.05, 0.1) is 16.7 Å². The van der Waals surface area contributed by atoms with E-state index in [0.29, 0.717) is 17.5 Å². The maximum atomic E-state index is 5.66. The van der Waals surface area contributed by atoms with E-state index in [2.05, 4.69) is 356 Å². The number of benzene rings is 14. The summed E-state index contributed by atoms with van der Waals surface area (Å²) in [7, 11) is 0. The summed E-state index contributed by atoms with van der Waals surface area (Å²) < 4.78 is 2.63. The van der Waals surface area contributed by atoms with Crippen molar-refractivity contribution in [1.29, 1.82) is 0 Å². The average Bonchev–Trinajstić information content (AvgIpc) is 1.56. The van der Waals surface area contributed by atoms with Crippen LogP contribution in [0, 0.1) is 0 Å². The molecule has 2 heterocycles. The van der Waals surface area contributed by atoms with Crippen molar-refractivity contribution in [2.24, 2.45) is 0 Å². The Balaban J connectivity index is 1.05. The molecule has 0 atom stereocenters. The van der Waals surface area contributed by atoms with Gasteiger partial charge in [-0.15, -0.1) is 0 Å². The minimum absolute atomic E-state index is 0.550. The third-order valence-corrected chi connectivity index (χ3v) is 17.4. The van der Waals surface area contributed by atoms with Crippen LogP contribution in [0.4, 0.5) is 0 Å². The Hall–Kier alpha value is -12.1. The van der Waals surface area contributed by atoms with Crippen molar-refractivity contribution in [1.82, 2.24) is 19.5 Å². The van der Waals surface area contributed by atoms with E-state index in [-0.39, 0.29) is 0 Å². The van der Waals surface area contributed by atoms with Crippen LogP contribution >= 0.6 is 0 Å². The topological polar surface area (TPSA) is 43.6 Å². The Morgan fingerprint density at radius 3 is 0.736 bits per heavy atom. The molecule has 0 saturated heterocycles. The van der Waals surface area contributed by atoms with Crippen LogP contribution in [0.25, 0.3) is 162 Å². The third kappa shape index (κ3) is 10.4. The van der Waals surface area contributed by atoms with Gasteiger partial charge in [0, 0.05) is 49.7 Å². The van der Waals surface area contributed by atoms with Gasteiger partial charge >= 0.3 is 0 Å². The highest BCUT2D eigenvalue weighted by Crippen LogP contribution is 2.52. The first-order chi connectivity index (χ1) is 45.1. The summed E-state index contributed by atoms with van der Waals surface area (Å²) in [6, 6.07) is 126. The molecule has 426 valence electrons. The van der Waals surface area contributed by atoms with Gasteiger partial charge in [-0.1, -0.05) is 322 Å². The normalized spacial score (nSPS) is 11.3. The monoisotopic (exact) mass is 1160 g/mol. The molecule has 16 aromatic rings. The van der Waals surface area contributed by atoms with Crippen LogP contribution in [0.5, 0.6) is 0 Å². The summed E-state index contributed by atoms with van der Waals surface area (Å²) in [5.41, 5.74) is 25.6. The Labute approximate surface area is 530 Å². The maximum Gasteiger partial charge on any atom is 0.164 e. The van der Waals surface area contributed by atoms with Crippen molar-refractivity contribution in [3.05, 3.63) is 352 Å². The zero-order valence-corrected chi connectivity index (χ0v) is 49.8. The predicted molar refractivity (Wildman–Crippen MR) is 379 cm³/mol. The van der Waals surface area contributed by atoms with Gasteiger partial charge in [-0.2, -0.15) is 0 Å². The molecule has 14 aromatic carbocycles. The average molecular weight is 1160 g/mol. The van der Waals surface area contributed by atoms with Crippen molar-refractivity contribution >= 4 is 21.8 Å². The molecule has 2 aromatic heterocycles. The number of rotatable bonds is 13. The molecule has 4 heteroatoms. The lowest BCUT2D eigenvalue weighted by Crippen LogP contribution is -2.05. The molecule has 0 bridgehead atoms. The highest BCUT2D eigenvalue weighted by molar-refractivity contribution is 6.26. The van der Waals surface area contributed by atoms with Crippen LogP contribution in [0.2, 0.25) is 0 Å². The molecule has 0 aliphatic heterocycles. The highest BCUT2D eigenvalue weighted by atomic mass is 15.0. The van der Waals surface area contributed by atoms with Crippen LogP contribution in [-0.4, -0.2) is 19.5 Å². The largest absolute Gasteiger partial charge is 0.307 e. The molecular weight excluding hydrogens is 1100 g/mol. The number of hydrogen-bond acceptors (Lipinski definition) is 3. The molecule has 0 aliphatic carbocycles. The van der Waals surface area contributed by atoms with E-state index >= 15 is 0 Å². The molecule has 0 fully saturated rings. The first-order valence-electron chi connectivity index (χ1n) is 31.0. The quantitative estimate of drug-likeness (QED) is 0.116. The summed E-state index contributed by atoms with van der Waals surface area (Å²) in [5, 5.41) is 2.33. The standard InChI is InChI=1S/C87H58N4/c1-10-28-59(29-11-1)62-46-48-69(49-47-62)85-88-86(72-55-70(60-30-12-2-13-31-60)54-71(56-72)61-32-14-3-15-33-61)90-87(89-85)73-57-78(67-42-24-8-25-43-67)82(79(58-73)68-44-26-9-27-45-68)91-83-76(65-38-20-6-21-39-65)52-50-74(63-34-16-4-17-35-63)80(83)81-75(64-36-18-5-19-37-64)51-53-77(84(81)91)66-40-22-7-23-41-66/h1-58H. The van der Waals surface area contributed by atoms with Crippen LogP contribution in [0.15, 0.2) is 352 Å². The van der Waals surface area contributed by atoms with Gasteiger partial charge in [0.25, 0.3) is 0 Å². The van der Waals surface area contributed by atoms with Gasteiger partial charge < -0.3 is 4.57 Å². The summed E-state index contributed by atoms with van der Waals surface area (Å²) in [6.45, 7) is 0. The zero-order valence-electron chi connectivity index (χ0n) is 49.8. The number of aromatic nitrogens is 4. The summed E-state index contributed by atoms with van der Waals surface area (Å²) in [6.07, 6.45) is 0. The molecule has 0 unspecified atom stereocenters. The predicted octanol–water partition coefficient (Wildman–Crippen LogP) is 23.0. The first kappa shape index (κ1) is 54.3. The molecule has 0 N–H and O–H groups in total. The Kier molecular flexibility index (Phi) is 14.2. The molecular formula is C87H58N4. The fourth-order valence-electron chi connectivity index (χ4n) is 13.1. The molecule has 0 aliphatic rings. The molecule has 0 spiro atoms. The molecule has 16 rings (SSSR count). The zero-order chi connectivity index (χ0) is 60.5. The van der Waals surface area contributed by atoms with Crippen molar-refractivity contribution < 1.29 is 0 Å². The van der Waals surface area contributed by atoms with Gasteiger partial charge in [0.2, 0.25) is 0 Å². The number of nitrogens with zero attached hydrogens (tertiary/aromatic N) is 4. The smallest absolute Gasteiger partial charge is 0.164 e. The third-order valence-electron chi connectivity index (χ3n) is 17.4. The van der Waals surface area contributed by atoms with Gasteiger partial charge in [-0.05, 0) is 108 Å². The lowest BCUT2D eigenvalue weighted by atomic mass is 9.90. The number of fused-ring (bicyclic) bond motifs is 3. The molecule has 4 nitrogen and oxygen atoms in total. The van der Waals surface area contributed by atoms with Gasteiger partial charge in [0.1, 0.15) is 0 Å². The molecule has 91 heavy (non-hydrogen) atoms. The summed E-state index contributed by atoms with van der Waals surface area (Å²) in [5.74, 6) is 1.69. The van der Waals surface area contributed by atoms with Gasteiger partial charge in [0.15, 0.2) is 17.5 Å². The Morgan fingerprint density at radius 2 is 0.396 bits per heavy atom. The van der Waals surface area contributed by atoms with Crippen LogP contribution < -0.4 is 0 Å². The Morgan fingerprint density at radius 1 is 0.165 bits per heavy atom. The molecule has 0 amide bonds. The first-order valence-corrected chi connectivity index (χ1v) is 31.0. The van der Waals surface area contributed by atoms with E-state index in [1.165, 1.54) is 10.8 Å². The van der Waals surface area contributed by atoms with E-state index in [1.807, 2.05) is 0 Å². The second-order valence-electron chi connectivity index (χ2n) is 23.0. The lowest BCUT2D eigenvalue weighted by Gasteiger charge is -2.23. The minimum Gasteiger partial charge on any atom is -0.307 e. The second kappa shape index (κ2) is 23.9.